The smallest absolute Gasteiger partial charge is 0.243 e. The fourth-order valence-corrected chi connectivity index (χ4v) is 4.43. The third-order valence-electron chi connectivity index (χ3n) is 4.19. The van der Waals surface area contributed by atoms with Gasteiger partial charge in [0.2, 0.25) is 15.9 Å². The summed E-state index contributed by atoms with van der Waals surface area (Å²) >= 11 is 6.12. The minimum Gasteiger partial charge on any atom is -0.492 e. The first-order valence-electron chi connectivity index (χ1n) is 9.06. The van der Waals surface area contributed by atoms with Crippen LogP contribution < -0.4 is 10.1 Å². The number of rotatable bonds is 9. The molecule has 0 saturated heterocycles. The van der Waals surface area contributed by atoms with Gasteiger partial charge < -0.3 is 10.1 Å². The van der Waals surface area contributed by atoms with Crippen molar-refractivity contribution < 1.29 is 17.9 Å². The van der Waals surface area contributed by atoms with E-state index >= 15 is 0 Å². The first-order chi connectivity index (χ1) is 13.3. The van der Waals surface area contributed by atoms with Gasteiger partial charge in [-0.05, 0) is 37.6 Å². The van der Waals surface area contributed by atoms with Crippen LogP contribution in [0.2, 0.25) is 5.02 Å². The van der Waals surface area contributed by atoms with Crippen LogP contribution in [0.4, 0.5) is 0 Å². The van der Waals surface area contributed by atoms with Crippen molar-refractivity contribution in [1.82, 2.24) is 9.62 Å². The molecule has 2 rings (SSSR count). The van der Waals surface area contributed by atoms with Crippen LogP contribution in [0.25, 0.3) is 0 Å². The quantitative estimate of drug-likeness (QED) is 0.667. The number of carbonyl (C=O) groups is 1. The summed E-state index contributed by atoms with van der Waals surface area (Å²) in [6.07, 6.45) is 0. The molecule has 0 aliphatic carbocycles. The molecule has 0 unspecified atom stereocenters. The van der Waals surface area contributed by atoms with Crippen LogP contribution >= 0.6 is 11.6 Å². The summed E-state index contributed by atoms with van der Waals surface area (Å²) in [4.78, 5) is 12.4. The Kier molecular flexibility index (Phi) is 7.86. The number of carbonyl (C=O) groups excluding carboxylic acids is 1. The van der Waals surface area contributed by atoms with Gasteiger partial charge in [-0.25, -0.2) is 8.42 Å². The molecule has 2 aromatic rings. The molecule has 1 amide bonds. The van der Waals surface area contributed by atoms with Crippen molar-refractivity contribution in [1.29, 1.82) is 0 Å². The summed E-state index contributed by atoms with van der Waals surface area (Å²) < 4.78 is 32.3. The second-order valence-corrected chi connectivity index (χ2v) is 8.50. The zero-order valence-corrected chi connectivity index (χ0v) is 17.8. The Labute approximate surface area is 171 Å². The van der Waals surface area contributed by atoms with Crippen molar-refractivity contribution in [2.24, 2.45) is 0 Å². The van der Waals surface area contributed by atoms with Gasteiger partial charge >= 0.3 is 0 Å². The number of nitrogens with one attached hydrogen (secondary N) is 1. The number of benzene rings is 2. The number of likely N-dealkylation sites (N-methyl/N-ethyl adjacent to an activating group) is 1. The minimum atomic E-state index is -3.87. The molecule has 1 N–H and O–H groups in total. The number of nitrogens with zero attached hydrogens (tertiary/aromatic N) is 1. The Morgan fingerprint density at radius 3 is 2.43 bits per heavy atom. The first-order valence-corrected chi connectivity index (χ1v) is 10.9. The van der Waals surface area contributed by atoms with Gasteiger partial charge in [-0.2, -0.15) is 4.31 Å². The molecule has 0 heterocycles. The fraction of sp³-hybridized carbons (Fsp3) is 0.350. The molecule has 0 spiro atoms. The molecule has 1 atom stereocenters. The van der Waals surface area contributed by atoms with Crippen LogP contribution in [0.15, 0.2) is 53.4 Å². The minimum absolute atomic E-state index is 0.0201. The highest BCUT2D eigenvalue weighted by Crippen LogP contribution is 2.28. The molecule has 0 radical (unpaired) electrons. The van der Waals surface area contributed by atoms with E-state index in [0.717, 1.165) is 9.87 Å². The average Bonchev–Trinajstić information content (AvgIpc) is 2.68. The summed E-state index contributed by atoms with van der Waals surface area (Å²) in [5, 5.41) is 3.04. The van der Waals surface area contributed by atoms with Gasteiger partial charge in [-0.15, -0.1) is 0 Å². The number of ether oxygens (including phenoxy) is 1. The van der Waals surface area contributed by atoms with Gasteiger partial charge in [-0.1, -0.05) is 48.9 Å². The molecule has 2 aromatic carbocycles. The van der Waals surface area contributed by atoms with Crippen molar-refractivity contribution >= 4 is 27.5 Å². The lowest BCUT2D eigenvalue weighted by Crippen LogP contribution is -2.41. The van der Waals surface area contributed by atoms with Crippen LogP contribution in [0.5, 0.6) is 5.75 Å². The summed E-state index contributed by atoms with van der Waals surface area (Å²) in [5.41, 5.74) is 0.944. The Morgan fingerprint density at radius 2 is 1.86 bits per heavy atom. The van der Waals surface area contributed by atoms with Crippen molar-refractivity contribution in [2.75, 3.05) is 19.7 Å². The van der Waals surface area contributed by atoms with Crippen LogP contribution in [0.3, 0.4) is 0 Å². The van der Waals surface area contributed by atoms with Crippen molar-refractivity contribution in [3.63, 3.8) is 0 Å². The van der Waals surface area contributed by atoms with E-state index in [4.69, 9.17) is 16.3 Å². The number of hydrogen-bond donors (Lipinski definition) is 1. The average molecular weight is 425 g/mol. The molecule has 8 heteroatoms. The number of halogens is 1. The first kappa shape index (κ1) is 22.2. The van der Waals surface area contributed by atoms with Crippen molar-refractivity contribution in [3.8, 4) is 5.75 Å². The zero-order chi connectivity index (χ0) is 20.7. The van der Waals surface area contributed by atoms with E-state index in [-0.39, 0.29) is 35.0 Å². The molecule has 0 bridgehead atoms. The predicted molar refractivity (Wildman–Crippen MR) is 110 cm³/mol. The second-order valence-electron chi connectivity index (χ2n) is 6.16. The maximum Gasteiger partial charge on any atom is 0.243 e. The van der Waals surface area contributed by atoms with E-state index in [1.807, 2.05) is 44.2 Å². The molecule has 152 valence electrons. The molecular weight excluding hydrogens is 400 g/mol. The van der Waals surface area contributed by atoms with E-state index in [1.165, 1.54) is 18.2 Å². The summed E-state index contributed by atoms with van der Waals surface area (Å²) in [5.74, 6) is 0.0411. The normalized spacial score (nSPS) is 12.6. The Morgan fingerprint density at radius 1 is 1.18 bits per heavy atom. The molecule has 28 heavy (non-hydrogen) atoms. The molecule has 0 fully saturated rings. The lowest BCUT2D eigenvalue weighted by Gasteiger charge is -2.22. The van der Waals surface area contributed by atoms with E-state index in [2.05, 4.69) is 5.32 Å². The van der Waals surface area contributed by atoms with Gasteiger partial charge in [0.05, 0.1) is 29.1 Å². The number of sulfonamides is 1. The Balaban J connectivity index is 2.12. The van der Waals surface area contributed by atoms with Crippen LogP contribution in [0, 0.1) is 0 Å². The standard InChI is InChI=1S/C20H25ClN2O4S/c1-4-23(14-20(24)22-15(3)16-9-7-6-8-10-16)28(25,26)17-11-12-19(27-5-2)18(21)13-17/h6-13,15H,4-5,14H2,1-3H3,(H,22,24)/t15-/m1/s1. The lowest BCUT2D eigenvalue weighted by atomic mass is 10.1. The van der Waals surface area contributed by atoms with Crippen LogP contribution in [-0.4, -0.2) is 38.3 Å². The van der Waals surface area contributed by atoms with E-state index in [9.17, 15) is 13.2 Å². The van der Waals surface area contributed by atoms with E-state index in [0.29, 0.717) is 12.4 Å². The molecule has 0 saturated carbocycles. The molecular formula is C20H25ClN2O4S. The highest BCUT2D eigenvalue weighted by molar-refractivity contribution is 7.89. The molecule has 0 aromatic heterocycles. The number of amides is 1. The number of hydrogen-bond acceptors (Lipinski definition) is 4. The SMILES string of the molecule is CCOc1ccc(S(=O)(=O)N(CC)CC(=O)N[C@H](C)c2ccccc2)cc1Cl. The van der Waals surface area contributed by atoms with Gasteiger partial charge in [0.25, 0.3) is 0 Å². The van der Waals surface area contributed by atoms with Gasteiger partial charge in [-0.3, -0.25) is 4.79 Å². The molecule has 0 aliphatic rings. The van der Waals surface area contributed by atoms with Gasteiger partial charge in [0.15, 0.2) is 0 Å². The topological polar surface area (TPSA) is 75.7 Å². The van der Waals surface area contributed by atoms with E-state index < -0.39 is 10.0 Å². The molecule has 6 nitrogen and oxygen atoms in total. The third-order valence-corrected chi connectivity index (χ3v) is 6.40. The highest BCUT2D eigenvalue weighted by Gasteiger charge is 2.26. The second kappa shape index (κ2) is 9.91. The summed E-state index contributed by atoms with van der Waals surface area (Å²) in [6.45, 7) is 5.65. The summed E-state index contributed by atoms with van der Waals surface area (Å²) in [7, 11) is -3.87. The monoisotopic (exact) mass is 424 g/mol. The maximum atomic E-state index is 12.9. The van der Waals surface area contributed by atoms with Gasteiger partial charge in [0.1, 0.15) is 5.75 Å². The lowest BCUT2D eigenvalue weighted by molar-refractivity contribution is -0.121. The largest absolute Gasteiger partial charge is 0.492 e. The van der Waals surface area contributed by atoms with Crippen LogP contribution in [0.1, 0.15) is 32.4 Å². The van der Waals surface area contributed by atoms with Crippen molar-refractivity contribution in [3.05, 3.63) is 59.1 Å². The highest BCUT2D eigenvalue weighted by atomic mass is 35.5. The maximum absolute atomic E-state index is 12.9. The molecule has 0 aliphatic heterocycles. The Bertz CT molecular complexity index is 904. The van der Waals surface area contributed by atoms with Crippen LogP contribution in [-0.2, 0) is 14.8 Å². The summed E-state index contributed by atoms with van der Waals surface area (Å²) in [6, 6.07) is 13.5. The Hall–Kier alpha value is -2.09. The van der Waals surface area contributed by atoms with Crippen molar-refractivity contribution in [2.45, 2.75) is 31.7 Å². The zero-order valence-electron chi connectivity index (χ0n) is 16.2. The van der Waals surface area contributed by atoms with E-state index in [1.54, 1.807) is 6.92 Å². The third kappa shape index (κ3) is 5.47. The van der Waals surface area contributed by atoms with Gasteiger partial charge in [0, 0.05) is 6.54 Å². The fourth-order valence-electron chi connectivity index (χ4n) is 2.70. The predicted octanol–water partition coefficient (Wildman–Crippen LogP) is 3.63.